The van der Waals surface area contributed by atoms with E-state index in [2.05, 4.69) is 43.9 Å². The standard InChI is InChI=1S/C26H31F3N8/c1-17(2)37-12-10-36(11-13-37)9-8-32-18-14-23-21(33-16-18)7-6-20(34-23)19(15-30)25(31)22-4-3-5-24(35-22)26(27,28)29/h3-7,14-17,31-32H,8-13,30H2,1-2H3/b19-15-,31-25?. The van der Waals surface area contributed by atoms with Crippen LogP contribution >= 0.6 is 0 Å². The predicted molar refractivity (Wildman–Crippen MR) is 139 cm³/mol. The summed E-state index contributed by atoms with van der Waals surface area (Å²) >= 11 is 0. The van der Waals surface area contributed by atoms with Crippen molar-refractivity contribution in [3.63, 3.8) is 0 Å². The molecule has 1 aliphatic rings. The Morgan fingerprint density at radius 3 is 2.51 bits per heavy atom. The van der Waals surface area contributed by atoms with Crippen LogP contribution in [-0.4, -0.2) is 75.8 Å². The zero-order valence-corrected chi connectivity index (χ0v) is 20.9. The van der Waals surface area contributed by atoms with Crippen LogP contribution in [0, 0.1) is 5.41 Å². The number of fused-ring (bicyclic) bond motifs is 1. The summed E-state index contributed by atoms with van der Waals surface area (Å²) in [5.41, 5.74) is 6.88. The fourth-order valence-corrected chi connectivity index (χ4v) is 4.28. The van der Waals surface area contributed by atoms with Crippen LogP contribution in [0.3, 0.4) is 0 Å². The van der Waals surface area contributed by atoms with Gasteiger partial charge in [-0.05, 0) is 44.2 Å². The molecule has 0 spiro atoms. The van der Waals surface area contributed by atoms with Crippen molar-refractivity contribution in [2.75, 3.05) is 44.6 Å². The Bertz CT molecular complexity index is 1280. The fourth-order valence-electron chi connectivity index (χ4n) is 4.28. The van der Waals surface area contributed by atoms with Gasteiger partial charge in [0.25, 0.3) is 0 Å². The number of nitrogens with one attached hydrogen (secondary N) is 2. The maximum Gasteiger partial charge on any atom is 0.433 e. The Morgan fingerprint density at radius 1 is 1.08 bits per heavy atom. The van der Waals surface area contributed by atoms with Crippen LogP contribution in [0.5, 0.6) is 0 Å². The third-order valence-electron chi connectivity index (χ3n) is 6.44. The summed E-state index contributed by atoms with van der Waals surface area (Å²) in [6.07, 6.45) is -1.71. The average molecular weight is 513 g/mol. The zero-order chi connectivity index (χ0) is 26.6. The molecule has 0 amide bonds. The van der Waals surface area contributed by atoms with Gasteiger partial charge in [0.15, 0.2) is 0 Å². The molecule has 3 aromatic heterocycles. The van der Waals surface area contributed by atoms with Crippen LogP contribution in [-0.2, 0) is 6.18 Å². The van der Waals surface area contributed by atoms with Crippen LogP contribution in [0.4, 0.5) is 18.9 Å². The quantitative estimate of drug-likeness (QED) is 0.394. The lowest BCUT2D eigenvalue weighted by molar-refractivity contribution is -0.141. The van der Waals surface area contributed by atoms with Gasteiger partial charge in [-0.25, -0.2) is 9.97 Å². The number of nitrogens with two attached hydrogens (primary N) is 1. The summed E-state index contributed by atoms with van der Waals surface area (Å²) in [5.74, 6) is 0. The van der Waals surface area contributed by atoms with Gasteiger partial charge in [-0.15, -0.1) is 0 Å². The number of halogens is 3. The number of aromatic nitrogens is 3. The maximum absolute atomic E-state index is 13.1. The largest absolute Gasteiger partial charge is 0.433 e. The molecule has 11 heteroatoms. The second kappa shape index (κ2) is 11.2. The van der Waals surface area contributed by atoms with Crippen molar-refractivity contribution in [1.82, 2.24) is 24.8 Å². The molecule has 4 N–H and O–H groups in total. The van der Waals surface area contributed by atoms with Crippen molar-refractivity contribution in [2.24, 2.45) is 5.73 Å². The first kappa shape index (κ1) is 26.5. The molecule has 0 saturated carbocycles. The molecule has 8 nitrogen and oxygen atoms in total. The molecule has 0 aromatic carbocycles. The lowest BCUT2D eigenvalue weighted by atomic mass is 10.0. The molecule has 1 saturated heterocycles. The first-order valence-electron chi connectivity index (χ1n) is 12.2. The van der Waals surface area contributed by atoms with Crippen molar-refractivity contribution in [3.8, 4) is 0 Å². The summed E-state index contributed by atoms with van der Waals surface area (Å²) in [4.78, 5) is 17.6. The van der Waals surface area contributed by atoms with Crippen molar-refractivity contribution in [2.45, 2.75) is 26.1 Å². The zero-order valence-electron chi connectivity index (χ0n) is 20.9. The topological polar surface area (TPSA) is 107 Å². The molecular weight excluding hydrogens is 481 g/mol. The highest BCUT2D eigenvalue weighted by molar-refractivity contribution is 6.29. The Kier molecular flexibility index (Phi) is 8.03. The summed E-state index contributed by atoms with van der Waals surface area (Å²) in [7, 11) is 0. The summed E-state index contributed by atoms with van der Waals surface area (Å²) < 4.78 is 39.3. The number of anilines is 1. The van der Waals surface area contributed by atoms with Gasteiger partial charge in [0.1, 0.15) is 5.69 Å². The second-order valence-corrected chi connectivity index (χ2v) is 9.22. The van der Waals surface area contributed by atoms with Gasteiger partial charge in [0.05, 0.1) is 40.0 Å². The molecule has 4 rings (SSSR count). The number of nitrogens with zero attached hydrogens (tertiary/aromatic N) is 5. The van der Waals surface area contributed by atoms with E-state index in [1.54, 1.807) is 18.3 Å². The minimum Gasteiger partial charge on any atom is -0.404 e. The van der Waals surface area contributed by atoms with Crippen molar-refractivity contribution >= 4 is 28.0 Å². The Labute approximate surface area is 213 Å². The number of hydrogen-bond donors (Lipinski definition) is 3. The number of piperazine rings is 1. The normalized spacial score (nSPS) is 15.9. The van der Waals surface area contributed by atoms with Crippen LogP contribution in [0.2, 0.25) is 0 Å². The number of rotatable bonds is 8. The highest BCUT2D eigenvalue weighted by atomic mass is 19.4. The van der Waals surface area contributed by atoms with E-state index in [9.17, 15) is 13.2 Å². The lowest BCUT2D eigenvalue weighted by Gasteiger charge is -2.36. The van der Waals surface area contributed by atoms with Gasteiger partial charge >= 0.3 is 6.18 Å². The lowest BCUT2D eigenvalue weighted by Crippen LogP contribution is -2.49. The molecule has 37 heavy (non-hydrogen) atoms. The van der Waals surface area contributed by atoms with Gasteiger partial charge in [0, 0.05) is 57.1 Å². The predicted octanol–water partition coefficient (Wildman–Crippen LogP) is 3.85. The van der Waals surface area contributed by atoms with Gasteiger partial charge in [0.2, 0.25) is 0 Å². The summed E-state index contributed by atoms with van der Waals surface area (Å²) in [5, 5.41) is 11.8. The maximum atomic E-state index is 13.1. The monoisotopic (exact) mass is 512 g/mol. The number of pyridine rings is 3. The second-order valence-electron chi connectivity index (χ2n) is 9.22. The molecule has 4 heterocycles. The number of allylic oxidation sites excluding steroid dienone is 1. The van der Waals surface area contributed by atoms with E-state index in [0.717, 1.165) is 57.2 Å². The Balaban J connectivity index is 1.45. The summed E-state index contributed by atoms with van der Waals surface area (Å²) in [6.45, 7) is 10.4. The molecule has 0 atom stereocenters. The molecule has 196 valence electrons. The van der Waals surface area contributed by atoms with E-state index >= 15 is 0 Å². The average Bonchev–Trinajstić information content (AvgIpc) is 2.88. The van der Waals surface area contributed by atoms with E-state index in [0.29, 0.717) is 22.8 Å². The van der Waals surface area contributed by atoms with E-state index in [1.165, 1.54) is 12.1 Å². The third kappa shape index (κ3) is 6.41. The highest BCUT2D eigenvalue weighted by Crippen LogP contribution is 2.28. The highest BCUT2D eigenvalue weighted by Gasteiger charge is 2.33. The molecule has 0 bridgehead atoms. The van der Waals surface area contributed by atoms with Gasteiger partial charge in [-0.2, -0.15) is 13.2 Å². The van der Waals surface area contributed by atoms with E-state index in [1.807, 2.05) is 6.07 Å². The molecule has 0 unspecified atom stereocenters. The minimum absolute atomic E-state index is 0.142. The van der Waals surface area contributed by atoms with E-state index in [-0.39, 0.29) is 17.0 Å². The summed E-state index contributed by atoms with van der Waals surface area (Å²) in [6, 6.07) is 9.24. The van der Waals surface area contributed by atoms with Crippen LogP contribution < -0.4 is 11.1 Å². The van der Waals surface area contributed by atoms with Gasteiger partial charge < -0.3 is 11.1 Å². The number of hydrogen-bond acceptors (Lipinski definition) is 8. The first-order valence-corrected chi connectivity index (χ1v) is 12.2. The fraction of sp³-hybridized carbons (Fsp3) is 0.385. The van der Waals surface area contributed by atoms with Crippen molar-refractivity contribution in [1.29, 1.82) is 5.41 Å². The SMILES string of the molecule is CC(C)N1CCN(CCNc2cnc3ccc(/C(=C/N)C(=N)c4cccc(C(F)(F)F)n4)nc3c2)CC1. The molecule has 0 aliphatic carbocycles. The van der Waals surface area contributed by atoms with E-state index in [4.69, 9.17) is 11.1 Å². The van der Waals surface area contributed by atoms with Crippen molar-refractivity contribution < 1.29 is 13.2 Å². The smallest absolute Gasteiger partial charge is 0.404 e. The number of alkyl halides is 3. The van der Waals surface area contributed by atoms with Crippen LogP contribution in [0.1, 0.15) is 30.9 Å². The molecule has 1 aliphatic heterocycles. The van der Waals surface area contributed by atoms with Crippen molar-refractivity contribution in [3.05, 3.63) is 65.9 Å². The molecule has 3 aromatic rings. The first-order chi connectivity index (χ1) is 17.7. The van der Waals surface area contributed by atoms with Crippen LogP contribution in [0.25, 0.3) is 16.6 Å². The van der Waals surface area contributed by atoms with E-state index < -0.39 is 11.9 Å². The molecule has 0 radical (unpaired) electrons. The molecular formula is C26H31F3N8. The third-order valence-corrected chi connectivity index (χ3v) is 6.44. The minimum atomic E-state index is -4.61. The van der Waals surface area contributed by atoms with Crippen LogP contribution in [0.15, 0.2) is 48.8 Å². The molecule has 1 fully saturated rings. The Hall–Kier alpha value is -3.57. The Morgan fingerprint density at radius 2 is 1.84 bits per heavy atom. The van der Waals surface area contributed by atoms with Gasteiger partial charge in [-0.3, -0.25) is 20.2 Å². The van der Waals surface area contributed by atoms with Gasteiger partial charge in [-0.1, -0.05) is 6.07 Å².